The van der Waals surface area contributed by atoms with E-state index in [4.69, 9.17) is 10.2 Å². The summed E-state index contributed by atoms with van der Waals surface area (Å²) in [5.74, 6) is -4.68. The number of carboxylic acids is 2. The van der Waals surface area contributed by atoms with E-state index in [1.54, 1.807) is 0 Å². The first-order chi connectivity index (χ1) is 5.09. The number of hydrogen-bond acceptors (Lipinski definition) is 4. The van der Waals surface area contributed by atoms with Crippen LogP contribution in [0.4, 0.5) is 0 Å². The summed E-state index contributed by atoms with van der Waals surface area (Å²) in [6.07, 6.45) is 0. The standard InChI is InChI=1S/C4H5O6P/c5-3(6)2(4(7)8)1-10-11-9/h2H,1H2,(H,5,6)(H,7,8). The van der Waals surface area contributed by atoms with E-state index >= 15 is 0 Å². The molecule has 11 heavy (non-hydrogen) atoms. The summed E-state index contributed by atoms with van der Waals surface area (Å²) in [5.41, 5.74) is 0. The van der Waals surface area contributed by atoms with Crippen LogP contribution in [-0.4, -0.2) is 28.8 Å². The minimum Gasteiger partial charge on any atom is -0.481 e. The maximum absolute atomic E-state index is 10.1. The lowest BCUT2D eigenvalue weighted by molar-refractivity contribution is -0.155. The van der Waals surface area contributed by atoms with Gasteiger partial charge in [0.1, 0.15) is 0 Å². The SMILES string of the molecule is O=POCC(C(=O)O)C(=O)O. The number of carboxylic acid groups (broad SMARTS) is 2. The smallest absolute Gasteiger partial charge is 0.327 e. The second kappa shape index (κ2) is 4.76. The van der Waals surface area contributed by atoms with Crippen LogP contribution in [0.5, 0.6) is 0 Å². The van der Waals surface area contributed by atoms with E-state index in [1.807, 2.05) is 0 Å². The zero-order chi connectivity index (χ0) is 8.85. The van der Waals surface area contributed by atoms with Gasteiger partial charge in [-0.1, -0.05) is 0 Å². The van der Waals surface area contributed by atoms with Gasteiger partial charge in [0.2, 0.25) is 0 Å². The highest BCUT2D eigenvalue weighted by atomic mass is 31.1. The highest BCUT2D eigenvalue weighted by molar-refractivity contribution is 7.17. The third kappa shape index (κ3) is 3.64. The molecule has 0 spiro atoms. The van der Waals surface area contributed by atoms with Crippen molar-refractivity contribution >= 4 is 20.6 Å². The highest BCUT2D eigenvalue weighted by Gasteiger charge is 2.25. The zero-order valence-electron chi connectivity index (χ0n) is 5.26. The van der Waals surface area contributed by atoms with Crippen molar-refractivity contribution in [2.75, 3.05) is 6.61 Å². The number of carbonyl (C=O) groups is 2. The average Bonchev–Trinajstić information content (AvgIpc) is 1.87. The van der Waals surface area contributed by atoms with Crippen molar-refractivity contribution in [2.45, 2.75) is 0 Å². The average molecular weight is 180 g/mol. The van der Waals surface area contributed by atoms with Gasteiger partial charge in [-0.2, -0.15) is 0 Å². The normalized spacial score (nSPS) is 10.3. The van der Waals surface area contributed by atoms with Crippen molar-refractivity contribution in [1.29, 1.82) is 0 Å². The minimum atomic E-state index is -1.66. The second-order valence-electron chi connectivity index (χ2n) is 1.60. The van der Waals surface area contributed by atoms with Crippen molar-refractivity contribution in [3.8, 4) is 0 Å². The number of rotatable bonds is 5. The summed E-state index contributed by atoms with van der Waals surface area (Å²) in [4.78, 5) is 20.2. The molecule has 0 radical (unpaired) electrons. The topological polar surface area (TPSA) is 101 Å². The Kier molecular flexibility index (Phi) is 4.33. The Hall–Kier alpha value is -1.00. The Balaban J connectivity index is 4.00. The van der Waals surface area contributed by atoms with Crippen LogP contribution in [0.15, 0.2) is 0 Å². The summed E-state index contributed by atoms with van der Waals surface area (Å²) in [5, 5.41) is 16.4. The molecule has 6 nitrogen and oxygen atoms in total. The molecule has 0 saturated heterocycles. The van der Waals surface area contributed by atoms with Crippen LogP contribution in [0.3, 0.4) is 0 Å². The Labute approximate surface area is 63.1 Å². The van der Waals surface area contributed by atoms with Gasteiger partial charge in [0.15, 0.2) is 5.92 Å². The molecule has 0 heterocycles. The fourth-order valence-corrected chi connectivity index (χ4v) is 0.563. The molecule has 0 atom stereocenters. The van der Waals surface area contributed by atoms with E-state index in [0.29, 0.717) is 0 Å². The lowest BCUT2D eigenvalue weighted by Gasteiger charge is -2.02. The van der Waals surface area contributed by atoms with Crippen molar-refractivity contribution < 1.29 is 28.9 Å². The Bertz CT molecular complexity index is 163. The lowest BCUT2D eigenvalue weighted by Crippen LogP contribution is -2.26. The monoisotopic (exact) mass is 180 g/mol. The molecule has 0 aromatic heterocycles. The van der Waals surface area contributed by atoms with Crippen LogP contribution in [-0.2, 0) is 18.7 Å². The molecule has 2 N–H and O–H groups in total. The fraction of sp³-hybridized carbons (Fsp3) is 0.500. The van der Waals surface area contributed by atoms with Crippen molar-refractivity contribution in [3.05, 3.63) is 0 Å². The van der Waals surface area contributed by atoms with Gasteiger partial charge in [0.05, 0.1) is 6.61 Å². The van der Waals surface area contributed by atoms with Crippen molar-refractivity contribution in [1.82, 2.24) is 0 Å². The minimum absolute atomic E-state index is 0.601. The maximum atomic E-state index is 10.1. The summed E-state index contributed by atoms with van der Waals surface area (Å²) in [7, 11) is -0.726. The second-order valence-corrected chi connectivity index (χ2v) is 2.01. The molecule has 0 aromatic rings. The zero-order valence-corrected chi connectivity index (χ0v) is 6.15. The summed E-state index contributed by atoms with van der Waals surface area (Å²) in [6.45, 7) is -0.601. The number of aliphatic carboxylic acids is 2. The van der Waals surface area contributed by atoms with Gasteiger partial charge in [-0.05, 0) is 0 Å². The van der Waals surface area contributed by atoms with E-state index in [1.165, 1.54) is 0 Å². The van der Waals surface area contributed by atoms with Gasteiger partial charge in [0, 0.05) is 0 Å². The molecule has 0 aliphatic carbocycles. The van der Waals surface area contributed by atoms with Crippen LogP contribution in [0, 0.1) is 5.92 Å². The largest absolute Gasteiger partial charge is 0.481 e. The Morgan fingerprint density at radius 3 is 2.09 bits per heavy atom. The van der Waals surface area contributed by atoms with Gasteiger partial charge in [0.25, 0.3) is 0 Å². The molecule has 0 rings (SSSR count). The van der Waals surface area contributed by atoms with E-state index in [0.717, 1.165) is 0 Å². The molecule has 0 bridgehead atoms. The number of hydrogen-bond donors (Lipinski definition) is 2. The predicted molar refractivity (Wildman–Crippen MR) is 32.3 cm³/mol. The molecule has 0 amide bonds. The van der Waals surface area contributed by atoms with Crippen LogP contribution < -0.4 is 0 Å². The molecule has 7 heteroatoms. The van der Waals surface area contributed by atoms with Gasteiger partial charge in [-0.3, -0.25) is 14.1 Å². The molecular formula is C4H5O6P. The van der Waals surface area contributed by atoms with Gasteiger partial charge in [-0.15, -0.1) is 0 Å². The first kappa shape index (κ1) is 10.0. The third-order valence-electron chi connectivity index (χ3n) is 0.890. The summed E-state index contributed by atoms with van der Waals surface area (Å²) in [6, 6.07) is 0. The van der Waals surface area contributed by atoms with Gasteiger partial charge < -0.3 is 10.2 Å². The molecule has 0 unspecified atom stereocenters. The molecular weight excluding hydrogens is 175 g/mol. The molecule has 62 valence electrons. The maximum Gasteiger partial charge on any atom is 0.327 e. The Morgan fingerprint density at radius 2 is 1.82 bits per heavy atom. The first-order valence-electron chi connectivity index (χ1n) is 2.49. The quantitative estimate of drug-likeness (QED) is 0.456. The first-order valence-corrected chi connectivity index (χ1v) is 3.23. The highest BCUT2D eigenvalue weighted by Crippen LogP contribution is 2.03. The van der Waals surface area contributed by atoms with E-state index in [2.05, 4.69) is 4.52 Å². The molecule has 0 aromatic carbocycles. The van der Waals surface area contributed by atoms with E-state index in [9.17, 15) is 14.2 Å². The van der Waals surface area contributed by atoms with Crippen molar-refractivity contribution in [3.63, 3.8) is 0 Å². The van der Waals surface area contributed by atoms with Crippen molar-refractivity contribution in [2.24, 2.45) is 5.92 Å². The molecule has 0 aliphatic rings. The summed E-state index contributed by atoms with van der Waals surface area (Å²) >= 11 is 0. The van der Waals surface area contributed by atoms with Crippen LogP contribution in [0.2, 0.25) is 0 Å². The fourth-order valence-electron chi connectivity index (χ4n) is 0.353. The summed E-state index contributed by atoms with van der Waals surface area (Å²) < 4.78 is 13.7. The van der Waals surface area contributed by atoms with E-state index < -0.39 is 33.2 Å². The van der Waals surface area contributed by atoms with Crippen LogP contribution in [0.25, 0.3) is 0 Å². The Morgan fingerprint density at radius 1 is 1.36 bits per heavy atom. The van der Waals surface area contributed by atoms with Gasteiger partial charge in [-0.25, -0.2) is 4.57 Å². The molecule has 0 aliphatic heterocycles. The van der Waals surface area contributed by atoms with Gasteiger partial charge >= 0.3 is 20.6 Å². The van der Waals surface area contributed by atoms with E-state index in [-0.39, 0.29) is 0 Å². The third-order valence-corrected chi connectivity index (χ3v) is 1.14. The van der Waals surface area contributed by atoms with Crippen LogP contribution >= 0.6 is 8.69 Å². The molecule has 0 fully saturated rings. The predicted octanol–water partition coefficient (Wildman–Crippen LogP) is -0.00490. The lowest BCUT2D eigenvalue weighted by atomic mass is 10.2. The van der Waals surface area contributed by atoms with Crippen LogP contribution in [0.1, 0.15) is 0 Å². The molecule has 0 saturated carbocycles.